The van der Waals surface area contributed by atoms with Gasteiger partial charge in [-0.2, -0.15) is 4.31 Å². The molecule has 0 heterocycles. The zero-order valence-electron chi connectivity index (χ0n) is 12.9. The van der Waals surface area contributed by atoms with E-state index < -0.39 is 15.6 Å². The van der Waals surface area contributed by atoms with E-state index in [-0.39, 0.29) is 6.54 Å². The molecule has 0 aliphatic rings. The molecule has 4 heteroatoms. The Morgan fingerprint density at radius 2 is 1.50 bits per heavy atom. The van der Waals surface area contributed by atoms with Crippen LogP contribution in [-0.4, -0.2) is 19.3 Å². The first-order valence-corrected chi connectivity index (χ1v) is 8.59. The van der Waals surface area contributed by atoms with Crippen LogP contribution in [0.2, 0.25) is 0 Å². The Labute approximate surface area is 133 Å². The number of sulfonamides is 1. The second-order valence-electron chi connectivity index (χ2n) is 5.56. The topological polar surface area (TPSA) is 37.4 Å². The Hall–Kier alpha value is -1.91. The number of rotatable bonds is 6. The van der Waals surface area contributed by atoms with Gasteiger partial charge in [0.25, 0.3) is 0 Å². The first kappa shape index (κ1) is 16.5. The fraction of sp³-hybridized carbons (Fsp3) is 0.222. The van der Waals surface area contributed by atoms with Gasteiger partial charge in [0.05, 0.1) is 10.4 Å². The van der Waals surface area contributed by atoms with E-state index in [0.717, 1.165) is 5.56 Å². The van der Waals surface area contributed by atoms with Gasteiger partial charge in [-0.15, -0.1) is 6.58 Å². The predicted octanol–water partition coefficient (Wildman–Crippen LogP) is 3.80. The van der Waals surface area contributed by atoms with Gasteiger partial charge in [-0.1, -0.05) is 54.6 Å². The highest BCUT2D eigenvalue weighted by molar-refractivity contribution is 7.89. The molecule has 0 N–H and O–H groups in total. The maximum atomic E-state index is 13.0. The molecule has 3 nitrogen and oxygen atoms in total. The summed E-state index contributed by atoms with van der Waals surface area (Å²) in [6.45, 7) is 7.78. The van der Waals surface area contributed by atoms with Gasteiger partial charge in [-0.25, -0.2) is 8.42 Å². The molecule has 22 heavy (non-hydrogen) atoms. The van der Waals surface area contributed by atoms with Crippen molar-refractivity contribution in [1.29, 1.82) is 0 Å². The van der Waals surface area contributed by atoms with Gasteiger partial charge in [0.2, 0.25) is 10.0 Å². The van der Waals surface area contributed by atoms with Crippen molar-refractivity contribution >= 4 is 10.0 Å². The van der Waals surface area contributed by atoms with Crippen LogP contribution in [0.25, 0.3) is 0 Å². The molecule has 116 valence electrons. The quantitative estimate of drug-likeness (QED) is 0.760. The summed E-state index contributed by atoms with van der Waals surface area (Å²) in [6.07, 6.45) is 1.62. The molecule has 2 aromatic rings. The molecular weight excluding hydrogens is 294 g/mol. The second kappa shape index (κ2) is 6.46. The van der Waals surface area contributed by atoms with Gasteiger partial charge >= 0.3 is 0 Å². The maximum absolute atomic E-state index is 13.0. The van der Waals surface area contributed by atoms with Crippen LogP contribution in [0, 0.1) is 0 Å². The lowest BCUT2D eigenvalue weighted by Crippen LogP contribution is -2.45. The number of benzene rings is 2. The summed E-state index contributed by atoms with van der Waals surface area (Å²) >= 11 is 0. The highest BCUT2D eigenvalue weighted by Gasteiger charge is 2.37. The number of nitrogens with zero attached hydrogens (tertiary/aromatic N) is 1. The average Bonchev–Trinajstić information content (AvgIpc) is 2.54. The van der Waals surface area contributed by atoms with Crippen molar-refractivity contribution in [2.45, 2.75) is 24.3 Å². The van der Waals surface area contributed by atoms with Gasteiger partial charge in [0.1, 0.15) is 0 Å². The van der Waals surface area contributed by atoms with Gasteiger partial charge in [-0.05, 0) is 31.5 Å². The minimum atomic E-state index is -3.61. The summed E-state index contributed by atoms with van der Waals surface area (Å²) in [5.41, 5.74) is 0.265. The fourth-order valence-electron chi connectivity index (χ4n) is 2.45. The van der Waals surface area contributed by atoms with Crippen LogP contribution in [0.3, 0.4) is 0 Å². The lowest BCUT2D eigenvalue weighted by Gasteiger charge is -2.37. The van der Waals surface area contributed by atoms with Gasteiger partial charge < -0.3 is 0 Å². The fourth-order valence-corrected chi connectivity index (χ4v) is 4.22. The summed E-state index contributed by atoms with van der Waals surface area (Å²) in [5, 5.41) is 0. The molecule has 0 saturated carbocycles. The Morgan fingerprint density at radius 3 is 2.00 bits per heavy atom. The third-order valence-corrected chi connectivity index (χ3v) is 5.78. The van der Waals surface area contributed by atoms with Crippen molar-refractivity contribution in [3.63, 3.8) is 0 Å². The van der Waals surface area contributed by atoms with E-state index in [9.17, 15) is 8.42 Å². The minimum Gasteiger partial charge on any atom is -0.207 e. The second-order valence-corrected chi connectivity index (χ2v) is 7.43. The monoisotopic (exact) mass is 315 g/mol. The highest BCUT2D eigenvalue weighted by atomic mass is 32.2. The van der Waals surface area contributed by atoms with E-state index >= 15 is 0 Å². The normalized spacial score (nSPS) is 12.3. The molecule has 2 rings (SSSR count). The molecule has 0 bridgehead atoms. The van der Waals surface area contributed by atoms with Crippen LogP contribution in [0.4, 0.5) is 0 Å². The van der Waals surface area contributed by atoms with Crippen molar-refractivity contribution in [2.24, 2.45) is 0 Å². The molecule has 0 atom stereocenters. The summed E-state index contributed by atoms with van der Waals surface area (Å²) in [7, 11) is -3.61. The summed E-state index contributed by atoms with van der Waals surface area (Å²) in [6, 6.07) is 18.1. The first-order chi connectivity index (χ1) is 10.4. The predicted molar refractivity (Wildman–Crippen MR) is 90.0 cm³/mol. The number of hydrogen-bond donors (Lipinski definition) is 0. The van der Waals surface area contributed by atoms with Crippen LogP contribution >= 0.6 is 0 Å². The Bertz CT molecular complexity index is 722. The van der Waals surface area contributed by atoms with Crippen molar-refractivity contribution in [2.75, 3.05) is 6.54 Å². The zero-order chi connectivity index (χ0) is 16.2. The Morgan fingerprint density at radius 1 is 1.00 bits per heavy atom. The lowest BCUT2D eigenvalue weighted by molar-refractivity contribution is 0.249. The smallest absolute Gasteiger partial charge is 0.207 e. The van der Waals surface area contributed by atoms with Crippen molar-refractivity contribution in [3.05, 3.63) is 78.9 Å². The first-order valence-electron chi connectivity index (χ1n) is 7.15. The molecule has 0 aliphatic heterocycles. The number of hydrogen-bond acceptors (Lipinski definition) is 2. The molecule has 0 unspecified atom stereocenters. The van der Waals surface area contributed by atoms with E-state index in [1.807, 2.05) is 44.2 Å². The van der Waals surface area contributed by atoms with E-state index in [2.05, 4.69) is 6.58 Å². The van der Waals surface area contributed by atoms with Crippen molar-refractivity contribution in [3.8, 4) is 0 Å². The van der Waals surface area contributed by atoms with Crippen molar-refractivity contribution < 1.29 is 8.42 Å². The largest absolute Gasteiger partial charge is 0.244 e. The summed E-state index contributed by atoms with van der Waals surface area (Å²) in [5.74, 6) is 0. The molecule has 0 saturated heterocycles. The van der Waals surface area contributed by atoms with Gasteiger partial charge in [0, 0.05) is 6.54 Å². The SMILES string of the molecule is C=CCN(C(C)(C)c1ccccc1)S(=O)(=O)c1ccccc1. The molecule has 2 aromatic carbocycles. The van der Waals surface area contributed by atoms with E-state index in [0.29, 0.717) is 4.90 Å². The Balaban J connectivity index is 2.53. The third kappa shape index (κ3) is 3.13. The molecule has 0 amide bonds. The molecule has 0 aliphatic carbocycles. The van der Waals surface area contributed by atoms with E-state index in [1.165, 1.54) is 4.31 Å². The van der Waals surface area contributed by atoms with E-state index in [1.54, 1.807) is 36.4 Å². The lowest BCUT2D eigenvalue weighted by atomic mass is 9.94. The molecule has 0 spiro atoms. The van der Waals surface area contributed by atoms with Gasteiger partial charge in [-0.3, -0.25) is 0 Å². The van der Waals surface area contributed by atoms with Crippen LogP contribution in [-0.2, 0) is 15.6 Å². The minimum absolute atomic E-state index is 0.249. The molecular formula is C18H21NO2S. The molecule has 0 radical (unpaired) electrons. The van der Waals surface area contributed by atoms with Crippen LogP contribution < -0.4 is 0 Å². The standard InChI is InChI=1S/C18H21NO2S/c1-4-15-19(18(2,3)16-11-7-5-8-12-16)22(20,21)17-13-9-6-10-14-17/h4-14H,1,15H2,2-3H3. The van der Waals surface area contributed by atoms with Crippen LogP contribution in [0.1, 0.15) is 19.4 Å². The molecule has 0 aromatic heterocycles. The van der Waals surface area contributed by atoms with Gasteiger partial charge in [0.15, 0.2) is 0 Å². The van der Waals surface area contributed by atoms with Crippen LogP contribution in [0.15, 0.2) is 78.2 Å². The zero-order valence-corrected chi connectivity index (χ0v) is 13.8. The summed E-state index contributed by atoms with van der Waals surface area (Å²) < 4.78 is 27.5. The molecule has 0 fully saturated rings. The van der Waals surface area contributed by atoms with Crippen LogP contribution in [0.5, 0.6) is 0 Å². The van der Waals surface area contributed by atoms with E-state index in [4.69, 9.17) is 0 Å². The highest BCUT2D eigenvalue weighted by Crippen LogP contribution is 2.32. The summed E-state index contributed by atoms with van der Waals surface area (Å²) in [4.78, 5) is 0.292. The Kier molecular flexibility index (Phi) is 4.84. The third-order valence-electron chi connectivity index (χ3n) is 3.73. The average molecular weight is 315 g/mol. The maximum Gasteiger partial charge on any atom is 0.244 e. The van der Waals surface area contributed by atoms with Crippen molar-refractivity contribution in [1.82, 2.24) is 4.31 Å².